The number of nitrogens with zero attached hydrogens (tertiary/aromatic N) is 4. The van der Waals surface area contributed by atoms with E-state index in [1.54, 1.807) is 54.9 Å². The molecule has 0 spiro atoms. The number of carbonyl (C=O) groups is 2. The van der Waals surface area contributed by atoms with Crippen molar-refractivity contribution in [3.05, 3.63) is 86.9 Å². The lowest BCUT2D eigenvalue weighted by atomic mass is 9.95. The number of hydrogen-bond acceptors (Lipinski definition) is 9. The van der Waals surface area contributed by atoms with Crippen LogP contribution in [0.25, 0.3) is 0 Å². The van der Waals surface area contributed by atoms with Crippen LogP contribution in [0.3, 0.4) is 0 Å². The van der Waals surface area contributed by atoms with Crippen LogP contribution >= 0.6 is 0 Å². The van der Waals surface area contributed by atoms with Gasteiger partial charge in [0.05, 0.1) is 22.7 Å². The average molecular weight is 507 g/mol. The van der Waals surface area contributed by atoms with Gasteiger partial charge >= 0.3 is 5.97 Å². The normalized spacial score (nSPS) is 14.5. The lowest BCUT2D eigenvalue weighted by Crippen LogP contribution is -2.31. The van der Waals surface area contributed by atoms with Crippen molar-refractivity contribution in [1.29, 1.82) is 0 Å². The molecule has 1 aliphatic rings. The van der Waals surface area contributed by atoms with E-state index in [4.69, 9.17) is 4.74 Å². The molecule has 192 valence electrons. The minimum Gasteiger partial charge on any atom is -0.462 e. The van der Waals surface area contributed by atoms with Gasteiger partial charge in [-0.15, -0.1) is 0 Å². The van der Waals surface area contributed by atoms with Crippen molar-refractivity contribution in [1.82, 2.24) is 14.8 Å². The lowest BCUT2D eigenvalue weighted by molar-refractivity contribution is -0.384. The van der Waals surface area contributed by atoms with Crippen LogP contribution < -0.4 is 10.6 Å². The number of fused-ring (bicyclic) bond motifs is 1. The fraction of sp³-hybridized carbons (Fsp3) is 0.280. The number of aliphatic hydroxyl groups excluding tert-OH is 1. The number of nitro groups is 1. The number of hydrogen-bond donors (Lipinski definition) is 3. The number of esters is 1. The summed E-state index contributed by atoms with van der Waals surface area (Å²) in [6, 6.07) is 11.5. The average Bonchev–Trinajstić information content (AvgIpc) is 3.29. The summed E-state index contributed by atoms with van der Waals surface area (Å²) >= 11 is 0. The smallest absolute Gasteiger partial charge is 0.338 e. The van der Waals surface area contributed by atoms with Crippen LogP contribution in [-0.2, 0) is 16.0 Å². The standard InChI is InChI=1S/C25H26N6O6/c1-3-37-24(34)17-6-10-18(11-7-17)27-23(33)21-15(2)26-25-28-20(5-4-14-32)29-30(25)22(21)16-8-12-19(13-9-16)31(35)36/h6-13,22,32H,3-5,14H2,1-2H3,(H,27,33)(H,26,28,29). The van der Waals surface area contributed by atoms with Crippen LogP contribution in [0.5, 0.6) is 0 Å². The van der Waals surface area contributed by atoms with E-state index in [0.717, 1.165) is 0 Å². The van der Waals surface area contributed by atoms with Crippen LogP contribution in [-0.4, -0.2) is 49.9 Å². The Bertz CT molecular complexity index is 1350. The highest BCUT2D eigenvalue weighted by molar-refractivity contribution is 6.06. The molecule has 2 heterocycles. The van der Waals surface area contributed by atoms with Crippen LogP contribution in [0.4, 0.5) is 17.3 Å². The zero-order valence-electron chi connectivity index (χ0n) is 20.3. The summed E-state index contributed by atoms with van der Waals surface area (Å²) in [4.78, 5) is 40.6. The number of anilines is 2. The quantitative estimate of drug-likeness (QED) is 0.225. The first-order chi connectivity index (χ1) is 17.8. The molecule has 3 N–H and O–H groups in total. The van der Waals surface area contributed by atoms with Gasteiger partial charge in [0.15, 0.2) is 5.82 Å². The van der Waals surface area contributed by atoms with Gasteiger partial charge in [-0.05, 0) is 62.2 Å². The monoisotopic (exact) mass is 506 g/mol. The molecule has 3 aromatic rings. The number of aromatic nitrogens is 3. The minimum atomic E-state index is -0.716. The molecule has 0 saturated heterocycles. The number of rotatable bonds is 9. The molecule has 0 fully saturated rings. The summed E-state index contributed by atoms with van der Waals surface area (Å²) < 4.78 is 6.56. The Balaban J connectivity index is 1.68. The molecular weight excluding hydrogens is 480 g/mol. The van der Waals surface area contributed by atoms with Crippen molar-refractivity contribution in [2.45, 2.75) is 32.7 Å². The first-order valence-electron chi connectivity index (χ1n) is 11.7. The van der Waals surface area contributed by atoms with E-state index in [1.807, 2.05) is 0 Å². The van der Waals surface area contributed by atoms with Crippen molar-refractivity contribution in [3.8, 4) is 0 Å². The van der Waals surface area contributed by atoms with Crippen LogP contribution in [0.2, 0.25) is 0 Å². The third-order valence-corrected chi connectivity index (χ3v) is 5.77. The number of aliphatic hydroxyl groups is 1. The van der Waals surface area contributed by atoms with Crippen LogP contribution in [0.15, 0.2) is 59.8 Å². The van der Waals surface area contributed by atoms with Crippen molar-refractivity contribution in [3.63, 3.8) is 0 Å². The fourth-order valence-electron chi connectivity index (χ4n) is 4.02. The van der Waals surface area contributed by atoms with E-state index in [-0.39, 0.29) is 18.9 Å². The number of aryl methyl sites for hydroxylation is 1. The van der Waals surface area contributed by atoms with Gasteiger partial charge in [0.25, 0.3) is 11.6 Å². The molecule has 1 atom stereocenters. The summed E-state index contributed by atoms with van der Waals surface area (Å²) in [5.74, 6) is 0.0382. The molecule has 2 aromatic carbocycles. The van der Waals surface area contributed by atoms with E-state index >= 15 is 0 Å². The third-order valence-electron chi connectivity index (χ3n) is 5.77. The molecule has 1 aliphatic heterocycles. The van der Waals surface area contributed by atoms with Gasteiger partial charge in [0.1, 0.15) is 6.04 Å². The molecule has 0 saturated carbocycles. The summed E-state index contributed by atoms with van der Waals surface area (Å²) in [5, 5.41) is 30.9. The maximum Gasteiger partial charge on any atom is 0.338 e. The number of allylic oxidation sites excluding steroid dienone is 1. The van der Waals surface area contributed by atoms with Crippen molar-refractivity contribution in [2.24, 2.45) is 0 Å². The summed E-state index contributed by atoms with van der Waals surface area (Å²) in [6.45, 7) is 3.71. The zero-order valence-corrected chi connectivity index (χ0v) is 20.3. The highest BCUT2D eigenvalue weighted by Gasteiger charge is 2.34. The summed E-state index contributed by atoms with van der Waals surface area (Å²) in [5.41, 5.74) is 2.24. The molecular formula is C25H26N6O6. The Kier molecular flexibility index (Phi) is 7.58. The predicted molar refractivity (Wildman–Crippen MR) is 134 cm³/mol. The Hall–Kier alpha value is -4.58. The number of nitrogens with one attached hydrogen (secondary N) is 2. The number of ether oxygens (including phenoxy) is 1. The largest absolute Gasteiger partial charge is 0.462 e. The lowest BCUT2D eigenvalue weighted by Gasteiger charge is -2.28. The molecule has 0 bridgehead atoms. The second-order valence-electron chi connectivity index (χ2n) is 8.29. The van der Waals surface area contributed by atoms with Gasteiger partial charge in [0, 0.05) is 36.5 Å². The van der Waals surface area contributed by atoms with Gasteiger partial charge in [-0.3, -0.25) is 14.9 Å². The van der Waals surface area contributed by atoms with Crippen LogP contribution in [0, 0.1) is 10.1 Å². The third kappa shape index (κ3) is 5.48. The maximum atomic E-state index is 13.5. The second-order valence-corrected chi connectivity index (χ2v) is 8.29. The van der Waals surface area contributed by atoms with Gasteiger partial charge in [-0.25, -0.2) is 9.48 Å². The number of benzene rings is 2. The summed E-state index contributed by atoms with van der Waals surface area (Å²) in [6.07, 6.45) is 0.922. The molecule has 1 amide bonds. The Morgan fingerprint density at radius 3 is 2.51 bits per heavy atom. The summed E-state index contributed by atoms with van der Waals surface area (Å²) in [7, 11) is 0. The number of nitro benzene ring substituents is 1. The SMILES string of the molecule is CCOC(=O)c1ccc(NC(=O)C2=C(C)Nc3nc(CCCO)nn3C2c2ccc([N+](=O)[O-])cc2)cc1. The molecule has 4 rings (SSSR count). The molecule has 37 heavy (non-hydrogen) atoms. The van der Waals surface area contributed by atoms with Crippen molar-refractivity contribution in [2.75, 3.05) is 23.8 Å². The molecule has 1 unspecified atom stereocenters. The first kappa shape index (κ1) is 25.5. The molecule has 1 aromatic heterocycles. The zero-order chi connectivity index (χ0) is 26.5. The fourth-order valence-corrected chi connectivity index (χ4v) is 4.02. The second kappa shape index (κ2) is 11.0. The number of carbonyl (C=O) groups excluding carboxylic acids is 2. The van der Waals surface area contributed by atoms with Crippen molar-refractivity contribution >= 4 is 29.2 Å². The molecule has 0 aliphatic carbocycles. The minimum absolute atomic E-state index is 0.0109. The van der Waals surface area contributed by atoms with Crippen molar-refractivity contribution < 1.29 is 24.4 Å². The highest BCUT2D eigenvalue weighted by atomic mass is 16.6. The molecule has 12 nitrogen and oxygen atoms in total. The Morgan fingerprint density at radius 1 is 1.19 bits per heavy atom. The van der Waals surface area contributed by atoms with E-state index in [1.165, 1.54) is 12.1 Å². The van der Waals surface area contributed by atoms with Gasteiger partial charge in [0.2, 0.25) is 5.95 Å². The number of non-ortho nitro benzene ring substituents is 1. The molecule has 12 heteroatoms. The Morgan fingerprint density at radius 2 is 1.89 bits per heavy atom. The van der Waals surface area contributed by atoms with E-state index in [9.17, 15) is 24.8 Å². The van der Waals surface area contributed by atoms with Gasteiger partial charge in [-0.2, -0.15) is 10.1 Å². The van der Waals surface area contributed by atoms with Gasteiger partial charge in [-0.1, -0.05) is 0 Å². The topological polar surface area (TPSA) is 162 Å². The van der Waals surface area contributed by atoms with E-state index < -0.39 is 22.8 Å². The number of amides is 1. The van der Waals surface area contributed by atoms with E-state index in [2.05, 4.69) is 20.7 Å². The molecule has 0 radical (unpaired) electrons. The highest BCUT2D eigenvalue weighted by Crippen LogP contribution is 2.36. The van der Waals surface area contributed by atoms with Gasteiger partial charge < -0.3 is 20.5 Å². The Labute approximate surface area is 212 Å². The maximum absolute atomic E-state index is 13.5. The van der Waals surface area contributed by atoms with E-state index in [0.29, 0.717) is 52.7 Å². The first-order valence-corrected chi connectivity index (χ1v) is 11.7. The van der Waals surface area contributed by atoms with Crippen LogP contribution in [0.1, 0.15) is 48.1 Å². The predicted octanol–water partition coefficient (Wildman–Crippen LogP) is 3.22.